The van der Waals surface area contributed by atoms with Crippen LogP contribution >= 0.6 is 11.6 Å². The molecule has 2 fully saturated rings. The van der Waals surface area contributed by atoms with Crippen molar-refractivity contribution in [3.63, 3.8) is 0 Å². The van der Waals surface area contributed by atoms with E-state index in [2.05, 4.69) is 4.72 Å². The molecule has 19 heavy (non-hydrogen) atoms. The van der Waals surface area contributed by atoms with Crippen LogP contribution in [0.4, 0.5) is 0 Å². The molecule has 3 nitrogen and oxygen atoms in total. The summed E-state index contributed by atoms with van der Waals surface area (Å²) in [5.74, 6) is 1.31. The molecule has 0 heterocycles. The van der Waals surface area contributed by atoms with Crippen molar-refractivity contribution in [3.8, 4) is 0 Å². The number of halogens is 1. The second kappa shape index (κ2) is 5.08. The maximum absolute atomic E-state index is 12.2. The van der Waals surface area contributed by atoms with Crippen LogP contribution in [0.5, 0.6) is 0 Å². The topological polar surface area (TPSA) is 46.2 Å². The van der Waals surface area contributed by atoms with E-state index < -0.39 is 10.0 Å². The lowest BCUT2D eigenvalue weighted by Crippen LogP contribution is -2.39. The molecule has 0 amide bonds. The second-order valence-corrected chi connectivity index (χ2v) is 7.98. The van der Waals surface area contributed by atoms with E-state index in [1.54, 1.807) is 24.3 Å². The highest BCUT2D eigenvalue weighted by Crippen LogP contribution is 2.44. The molecule has 2 aliphatic rings. The summed E-state index contributed by atoms with van der Waals surface area (Å²) in [5, 5.41) is 0.577. The summed E-state index contributed by atoms with van der Waals surface area (Å²) in [6, 6.07) is 7.20. The van der Waals surface area contributed by atoms with Crippen LogP contribution in [-0.4, -0.2) is 14.5 Å². The zero-order valence-electron chi connectivity index (χ0n) is 10.7. The van der Waals surface area contributed by atoms with Gasteiger partial charge in [0.1, 0.15) is 0 Å². The zero-order chi connectivity index (χ0) is 13.5. The summed E-state index contributed by atoms with van der Waals surface area (Å²) in [7, 11) is -3.27. The Morgan fingerprint density at radius 3 is 2.74 bits per heavy atom. The number of nitrogens with one attached hydrogen (secondary N) is 1. The summed E-state index contributed by atoms with van der Waals surface area (Å²) in [6.45, 7) is 0. The lowest BCUT2D eigenvalue weighted by Gasteiger charge is -2.22. The Morgan fingerprint density at radius 1 is 1.26 bits per heavy atom. The Hall–Kier alpha value is -0.580. The lowest BCUT2D eigenvalue weighted by atomic mass is 9.96. The van der Waals surface area contributed by atoms with Crippen molar-refractivity contribution in [3.05, 3.63) is 34.9 Å². The fourth-order valence-electron chi connectivity index (χ4n) is 3.51. The number of fused-ring (bicyclic) bond motifs is 2. The van der Waals surface area contributed by atoms with E-state index in [0.29, 0.717) is 10.9 Å². The van der Waals surface area contributed by atoms with Gasteiger partial charge in [0, 0.05) is 11.1 Å². The third-order valence-electron chi connectivity index (χ3n) is 4.31. The van der Waals surface area contributed by atoms with Crippen molar-refractivity contribution in [2.45, 2.75) is 37.5 Å². The van der Waals surface area contributed by atoms with Gasteiger partial charge in [-0.25, -0.2) is 13.1 Å². The number of hydrogen-bond donors (Lipinski definition) is 1. The third kappa shape index (κ3) is 3.12. The number of rotatable bonds is 4. The fraction of sp³-hybridized carbons (Fsp3) is 0.571. The maximum atomic E-state index is 12.2. The van der Waals surface area contributed by atoms with E-state index in [1.165, 1.54) is 19.3 Å². The molecule has 5 heteroatoms. The minimum absolute atomic E-state index is 0.0153. The molecular formula is C14H18ClNO2S. The minimum atomic E-state index is -3.27. The second-order valence-electron chi connectivity index (χ2n) is 5.79. The zero-order valence-corrected chi connectivity index (χ0v) is 12.3. The minimum Gasteiger partial charge on any atom is -0.212 e. The smallest absolute Gasteiger partial charge is 0.212 e. The van der Waals surface area contributed by atoms with Crippen LogP contribution in [0.2, 0.25) is 5.02 Å². The van der Waals surface area contributed by atoms with E-state index in [4.69, 9.17) is 11.6 Å². The summed E-state index contributed by atoms with van der Waals surface area (Å²) in [6.07, 6.45) is 4.66. The Morgan fingerprint density at radius 2 is 2.11 bits per heavy atom. The highest BCUT2D eigenvalue weighted by Gasteiger charge is 2.40. The van der Waals surface area contributed by atoms with Crippen LogP contribution in [0.25, 0.3) is 0 Å². The van der Waals surface area contributed by atoms with Crippen molar-refractivity contribution in [2.75, 3.05) is 0 Å². The molecule has 0 aromatic heterocycles. The molecule has 1 N–H and O–H groups in total. The predicted octanol–water partition coefficient (Wildman–Crippen LogP) is 2.95. The van der Waals surface area contributed by atoms with Crippen LogP contribution in [0, 0.1) is 11.8 Å². The molecule has 2 aliphatic carbocycles. The first-order chi connectivity index (χ1) is 9.02. The predicted molar refractivity (Wildman–Crippen MR) is 76.4 cm³/mol. The average molecular weight is 300 g/mol. The highest BCUT2D eigenvalue weighted by atomic mass is 35.5. The Balaban J connectivity index is 1.66. The van der Waals surface area contributed by atoms with Crippen LogP contribution in [0.1, 0.15) is 31.2 Å². The number of benzene rings is 1. The molecular weight excluding hydrogens is 282 g/mol. The van der Waals surface area contributed by atoms with E-state index in [1.807, 2.05) is 0 Å². The van der Waals surface area contributed by atoms with E-state index in [0.717, 1.165) is 17.9 Å². The maximum Gasteiger partial charge on any atom is 0.216 e. The van der Waals surface area contributed by atoms with Gasteiger partial charge in [-0.05, 0) is 48.8 Å². The van der Waals surface area contributed by atoms with Gasteiger partial charge in [-0.3, -0.25) is 0 Å². The van der Waals surface area contributed by atoms with Crippen LogP contribution in [0.15, 0.2) is 24.3 Å². The van der Waals surface area contributed by atoms with Gasteiger partial charge < -0.3 is 0 Å². The highest BCUT2D eigenvalue weighted by molar-refractivity contribution is 7.88. The monoisotopic (exact) mass is 299 g/mol. The SMILES string of the molecule is O=S(=O)(Cc1cccc(Cl)c1)N[C@@H]1C[C@H]2CC[C@@H]1C2. The molecule has 0 unspecified atom stereocenters. The Bertz CT molecular complexity index is 573. The quantitative estimate of drug-likeness (QED) is 0.929. The van der Waals surface area contributed by atoms with Crippen molar-refractivity contribution in [1.29, 1.82) is 0 Å². The van der Waals surface area contributed by atoms with Gasteiger partial charge in [-0.2, -0.15) is 0 Å². The largest absolute Gasteiger partial charge is 0.216 e. The number of sulfonamides is 1. The molecule has 2 saturated carbocycles. The van der Waals surface area contributed by atoms with Crippen molar-refractivity contribution >= 4 is 21.6 Å². The van der Waals surface area contributed by atoms with Gasteiger partial charge in [0.05, 0.1) is 5.75 Å². The molecule has 1 aromatic carbocycles. The van der Waals surface area contributed by atoms with Crippen molar-refractivity contribution in [2.24, 2.45) is 11.8 Å². The Labute approximate surface area is 119 Å². The summed E-state index contributed by atoms with van der Waals surface area (Å²) in [5.41, 5.74) is 0.739. The van der Waals surface area contributed by atoms with Crippen LogP contribution < -0.4 is 4.72 Å². The van der Waals surface area contributed by atoms with Gasteiger partial charge in [-0.15, -0.1) is 0 Å². The van der Waals surface area contributed by atoms with E-state index in [-0.39, 0.29) is 11.8 Å². The standard InChI is InChI=1S/C14H18ClNO2S/c15-13-3-1-2-11(7-13)9-19(17,18)16-14-8-10-4-5-12(14)6-10/h1-3,7,10,12,14,16H,4-6,8-9H2/t10-,12+,14+/m0/s1. The van der Waals surface area contributed by atoms with Gasteiger partial charge in [0.2, 0.25) is 10.0 Å². The molecule has 1 aromatic rings. The average Bonchev–Trinajstić information content (AvgIpc) is 2.89. The normalized spacial score (nSPS) is 29.8. The first-order valence-electron chi connectivity index (χ1n) is 6.76. The molecule has 104 valence electrons. The van der Waals surface area contributed by atoms with Gasteiger partial charge in [0.25, 0.3) is 0 Å². The molecule has 0 aliphatic heterocycles. The van der Waals surface area contributed by atoms with Gasteiger partial charge in [0.15, 0.2) is 0 Å². The third-order valence-corrected chi connectivity index (χ3v) is 5.93. The van der Waals surface area contributed by atoms with E-state index in [9.17, 15) is 8.42 Å². The summed E-state index contributed by atoms with van der Waals surface area (Å²) < 4.78 is 27.3. The first-order valence-corrected chi connectivity index (χ1v) is 8.79. The molecule has 0 radical (unpaired) electrons. The van der Waals surface area contributed by atoms with Crippen LogP contribution in [-0.2, 0) is 15.8 Å². The van der Waals surface area contributed by atoms with E-state index >= 15 is 0 Å². The molecule has 3 rings (SSSR count). The number of hydrogen-bond acceptors (Lipinski definition) is 2. The van der Waals surface area contributed by atoms with Gasteiger partial charge in [-0.1, -0.05) is 30.2 Å². The molecule has 3 atom stereocenters. The van der Waals surface area contributed by atoms with Crippen molar-refractivity contribution < 1.29 is 8.42 Å². The molecule has 2 bridgehead atoms. The summed E-state index contributed by atoms with van der Waals surface area (Å²) >= 11 is 5.88. The molecule has 0 spiro atoms. The summed E-state index contributed by atoms with van der Waals surface area (Å²) in [4.78, 5) is 0. The Kier molecular flexibility index (Phi) is 3.58. The lowest BCUT2D eigenvalue weighted by molar-refractivity contribution is 0.390. The first kappa shape index (κ1) is 13.4. The van der Waals surface area contributed by atoms with Crippen molar-refractivity contribution in [1.82, 2.24) is 4.72 Å². The van der Waals surface area contributed by atoms with Gasteiger partial charge >= 0.3 is 0 Å². The van der Waals surface area contributed by atoms with Crippen LogP contribution in [0.3, 0.4) is 0 Å². The fourth-order valence-corrected chi connectivity index (χ4v) is 5.17. The molecule has 0 saturated heterocycles.